The van der Waals surface area contributed by atoms with Crippen molar-refractivity contribution in [1.82, 2.24) is 9.46 Å². The lowest BCUT2D eigenvalue weighted by atomic mass is 10.2. The maximum atomic E-state index is 12.7. The third kappa shape index (κ3) is 3.85. The Morgan fingerprint density at radius 1 is 1.29 bits per heavy atom. The first-order chi connectivity index (χ1) is 11.3. The van der Waals surface area contributed by atoms with Crippen LogP contribution in [0.25, 0.3) is 0 Å². The molecule has 0 aliphatic heterocycles. The fraction of sp³-hybridized carbons (Fsp3) is 0.333. The Bertz CT molecular complexity index is 844. The van der Waals surface area contributed by atoms with E-state index in [-0.39, 0.29) is 16.3 Å². The molecule has 1 aromatic carbocycles. The van der Waals surface area contributed by atoms with Gasteiger partial charge in [0.1, 0.15) is 5.76 Å². The highest BCUT2D eigenvalue weighted by molar-refractivity contribution is 9.10. The largest absolute Gasteiger partial charge is 0.360 e. The Morgan fingerprint density at radius 2 is 1.96 bits per heavy atom. The van der Waals surface area contributed by atoms with E-state index in [2.05, 4.69) is 26.4 Å². The molecule has 0 bridgehead atoms. The topological polar surface area (TPSA) is 92.5 Å². The number of halogens is 1. The van der Waals surface area contributed by atoms with Crippen LogP contribution in [0.5, 0.6) is 0 Å². The lowest BCUT2D eigenvalue weighted by molar-refractivity contribution is 0.102. The summed E-state index contributed by atoms with van der Waals surface area (Å²) in [6, 6.07) is 6.00. The molecule has 1 N–H and O–H groups in total. The lowest BCUT2D eigenvalue weighted by Crippen LogP contribution is -2.31. The van der Waals surface area contributed by atoms with Gasteiger partial charge in [0.25, 0.3) is 5.91 Å². The van der Waals surface area contributed by atoms with Crippen LogP contribution >= 0.6 is 15.9 Å². The predicted octanol–water partition coefficient (Wildman–Crippen LogP) is 3.03. The fourth-order valence-electron chi connectivity index (χ4n) is 2.16. The van der Waals surface area contributed by atoms with Crippen molar-refractivity contribution in [2.24, 2.45) is 0 Å². The molecule has 0 aliphatic carbocycles. The molecule has 2 rings (SSSR count). The number of sulfonamides is 1. The molecule has 0 spiro atoms. The third-order valence-electron chi connectivity index (χ3n) is 3.39. The standard InChI is InChI=1S/C15H18BrN3O4S/c1-4-19(5-2)24(21,22)13-9-11(6-7-12(13)16)15(20)17-14-8-10(3)23-18-14/h6-9H,4-5H2,1-3H3,(H,17,18,20). The highest BCUT2D eigenvalue weighted by Crippen LogP contribution is 2.26. The molecular formula is C15H18BrN3O4S. The first-order valence-corrected chi connectivity index (χ1v) is 9.57. The minimum atomic E-state index is -3.68. The van der Waals surface area contributed by atoms with Crippen LogP contribution in [0.2, 0.25) is 0 Å². The summed E-state index contributed by atoms with van der Waals surface area (Å²) in [5.74, 6) is 0.367. The minimum Gasteiger partial charge on any atom is -0.360 e. The first-order valence-electron chi connectivity index (χ1n) is 7.34. The van der Waals surface area contributed by atoms with Crippen LogP contribution in [-0.2, 0) is 10.0 Å². The van der Waals surface area contributed by atoms with Crippen molar-refractivity contribution in [3.05, 3.63) is 40.1 Å². The average molecular weight is 416 g/mol. The molecule has 130 valence electrons. The van der Waals surface area contributed by atoms with Crippen molar-refractivity contribution in [2.45, 2.75) is 25.7 Å². The molecule has 0 aliphatic rings. The molecular weight excluding hydrogens is 398 g/mol. The maximum absolute atomic E-state index is 12.7. The van der Waals surface area contributed by atoms with Gasteiger partial charge in [-0.25, -0.2) is 8.42 Å². The Morgan fingerprint density at radius 3 is 2.50 bits per heavy atom. The molecule has 0 atom stereocenters. The summed E-state index contributed by atoms with van der Waals surface area (Å²) in [6.07, 6.45) is 0. The minimum absolute atomic E-state index is 0.0511. The van der Waals surface area contributed by atoms with E-state index in [0.29, 0.717) is 23.3 Å². The van der Waals surface area contributed by atoms with Crippen LogP contribution in [0.1, 0.15) is 30.0 Å². The zero-order chi connectivity index (χ0) is 17.9. The van der Waals surface area contributed by atoms with Crippen molar-refractivity contribution in [3.8, 4) is 0 Å². The summed E-state index contributed by atoms with van der Waals surface area (Å²) in [5.41, 5.74) is 0.213. The van der Waals surface area contributed by atoms with Crippen molar-refractivity contribution in [1.29, 1.82) is 0 Å². The molecule has 24 heavy (non-hydrogen) atoms. The maximum Gasteiger partial charge on any atom is 0.256 e. The van der Waals surface area contributed by atoms with Gasteiger partial charge in [-0.3, -0.25) is 4.79 Å². The summed E-state index contributed by atoms with van der Waals surface area (Å²) < 4.78 is 32.0. The zero-order valence-corrected chi connectivity index (χ0v) is 15.9. The Hall–Kier alpha value is -1.71. The van der Waals surface area contributed by atoms with Gasteiger partial charge in [0.05, 0.1) is 4.90 Å². The SMILES string of the molecule is CCN(CC)S(=O)(=O)c1cc(C(=O)Nc2cc(C)on2)ccc1Br. The van der Waals surface area contributed by atoms with E-state index in [0.717, 1.165) is 0 Å². The monoisotopic (exact) mass is 415 g/mol. The number of carbonyl (C=O) groups excluding carboxylic acids is 1. The van der Waals surface area contributed by atoms with E-state index in [4.69, 9.17) is 4.52 Å². The van der Waals surface area contributed by atoms with Crippen LogP contribution in [0.15, 0.2) is 38.2 Å². The third-order valence-corrected chi connectivity index (χ3v) is 6.43. The second-order valence-electron chi connectivity index (χ2n) is 5.01. The smallest absolute Gasteiger partial charge is 0.256 e. The number of hydrogen-bond donors (Lipinski definition) is 1. The number of aromatic nitrogens is 1. The van der Waals surface area contributed by atoms with Crippen LogP contribution < -0.4 is 5.32 Å². The highest BCUT2D eigenvalue weighted by Gasteiger charge is 2.25. The van der Waals surface area contributed by atoms with Crippen molar-refractivity contribution >= 4 is 37.7 Å². The van der Waals surface area contributed by atoms with Gasteiger partial charge in [0.2, 0.25) is 10.0 Å². The molecule has 0 radical (unpaired) electrons. The van der Waals surface area contributed by atoms with E-state index < -0.39 is 15.9 Å². The van der Waals surface area contributed by atoms with Crippen LogP contribution in [0, 0.1) is 6.92 Å². The molecule has 7 nitrogen and oxygen atoms in total. The second-order valence-corrected chi connectivity index (χ2v) is 7.77. The summed E-state index contributed by atoms with van der Waals surface area (Å²) in [7, 11) is -3.68. The zero-order valence-electron chi connectivity index (χ0n) is 13.5. The van der Waals surface area contributed by atoms with Gasteiger partial charge in [0, 0.05) is 29.2 Å². The number of hydrogen-bond acceptors (Lipinski definition) is 5. The van der Waals surface area contributed by atoms with Gasteiger partial charge < -0.3 is 9.84 Å². The van der Waals surface area contributed by atoms with Crippen LogP contribution in [0.4, 0.5) is 5.82 Å². The quantitative estimate of drug-likeness (QED) is 0.782. The first kappa shape index (κ1) is 18.6. The fourth-order valence-corrected chi connectivity index (χ4v) is 4.57. The molecule has 1 amide bonds. The molecule has 0 saturated carbocycles. The van der Waals surface area contributed by atoms with Gasteiger partial charge in [-0.1, -0.05) is 19.0 Å². The Balaban J connectivity index is 2.36. The van der Waals surface area contributed by atoms with Crippen molar-refractivity contribution in [2.75, 3.05) is 18.4 Å². The highest BCUT2D eigenvalue weighted by atomic mass is 79.9. The van der Waals surface area contributed by atoms with Gasteiger partial charge >= 0.3 is 0 Å². The average Bonchev–Trinajstić information content (AvgIpc) is 2.93. The number of nitrogens with one attached hydrogen (secondary N) is 1. The normalized spacial score (nSPS) is 11.7. The number of benzene rings is 1. The number of amides is 1. The van der Waals surface area contributed by atoms with E-state index >= 15 is 0 Å². The van der Waals surface area contributed by atoms with E-state index in [9.17, 15) is 13.2 Å². The van der Waals surface area contributed by atoms with E-state index in [1.54, 1.807) is 32.9 Å². The molecule has 0 saturated heterocycles. The van der Waals surface area contributed by atoms with Gasteiger partial charge in [-0.2, -0.15) is 4.31 Å². The number of aryl methyl sites for hydroxylation is 1. The van der Waals surface area contributed by atoms with Gasteiger partial charge in [-0.15, -0.1) is 0 Å². The van der Waals surface area contributed by atoms with E-state index in [1.807, 2.05) is 0 Å². The number of carbonyl (C=O) groups is 1. The van der Waals surface area contributed by atoms with Crippen LogP contribution in [-0.4, -0.2) is 36.9 Å². The summed E-state index contributed by atoms with van der Waals surface area (Å²) in [6.45, 7) is 5.92. The Kier molecular flexibility index (Phi) is 5.79. The molecule has 1 heterocycles. The summed E-state index contributed by atoms with van der Waals surface area (Å²) in [5, 5.41) is 6.25. The van der Waals surface area contributed by atoms with Crippen molar-refractivity contribution < 1.29 is 17.7 Å². The molecule has 9 heteroatoms. The number of rotatable bonds is 6. The molecule has 0 fully saturated rings. The molecule has 2 aromatic rings. The lowest BCUT2D eigenvalue weighted by Gasteiger charge is -2.19. The predicted molar refractivity (Wildman–Crippen MR) is 93.4 cm³/mol. The molecule has 0 unspecified atom stereocenters. The number of nitrogens with zero attached hydrogens (tertiary/aromatic N) is 2. The van der Waals surface area contributed by atoms with Crippen LogP contribution in [0.3, 0.4) is 0 Å². The number of anilines is 1. The summed E-state index contributed by atoms with van der Waals surface area (Å²) >= 11 is 3.25. The van der Waals surface area contributed by atoms with Gasteiger partial charge in [-0.05, 0) is 41.1 Å². The Labute approximate surface area is 149 Å². The van der Waals surface area contributed by atoms with Crippen molar-refractivity contribution in [3.63, 3.8) is 0 Å². The second kappa shape index (κ2) is 7.45. The molecule has 1 aromatic heterocycles. The van der Waals surface area contributed by atoms with E-state index in [1.165, 1.54) is 16.4 Å². The summed E-state index contributed by atoms with van der Waals surface area (Å²) in [4.78, 5) is 12.4. The van der Waals surface area contributed by atoms with Gasteiger partial charge in [0.15, 0.2) is 5.82 Å².